The van der Waals surface area contributed by atoms with Crippen molar-refractivity contribution in [2.75, 3.05) is 11.9 Å². The first-order valence-electron chi connectivity index (χ1n) is 7.51. The number of aliphatic imine (C=N–C) groups is 1. The quantitative estimate of drug-likeness (QED) is 0.941. The molecule has 2 aromatic carbocycles. The number of carbonyl (C=O) groups is 1. The van der Waals surface area contributed by atoms with E-state index >= 15 is 0 Å². The SMILES string of the molecule is CCc1ccc(NC2=NCC(=O)N2Cc2ccccc2)cc1. The highest BCUT2D eigenvalue weighted by molar-refractivity contribution is 6.08. The summed E-state index contributed by atoms with van der Waals surface area (Å²) < 4.78 is 0. The zero-order valence-electron chi connectivity index (χ0n) is 12.6. The van der Waals surface area contributed by atoms with Gasteiger partial charge in [0.1, 0.15) is 6.54 Å². The van der Waals surface area contributed by atoms with E-state index in [9.17, 15) is 4.79 Å². The van der Waals surface area contributed by atoms with Gasteiger partial charge >= 0.3 is 0 Å². The number of guanidine groups is 1. The maximum Gasteiger partial charge on any atom is 0.251 e. The molecular weight excluding hydrogens is 274 g/mol. The van der Waals surface area contributed by atoms with Gasteiger partial charge in [-0.3, -0.25) is 9.69 Å². The van der Waals surface area contributed by atoms with Gasteiger partial charge in [-0.05, 0) is 29.7 Å². The third-order valence-corrected chi connectivity index (χ3v) is 3.72. The Morgan fingerprint density at radius 2 is 1.77 bits per heavy atom. The summed E-state index contributed by atoms with van der Waals surface area (Å²) in [5.74, 6) is 0.648. The van der Waals surface area contributed by atoms with Crippen LogP contribution in [0.3, 0.4) is 0 Å². The van der Waals surface area contributed by atoms with Crippen LogP contribution in [0.4, 0.5) is 5.69 Å². The number of hydrogen-bond acceptors (Lipinski definition) is 3. The zero-order chi connectivity index (χ0) is 15.4. The normalized spacial score (nSPS) is 14.1. The van der Waals surface area contributed by atoms with Crippen molar-refractivity contribution in [1.82, 2.24) is 4.90 Å². The van der Waals surface area contributed by atoms with Crippen LogP contribution in [0.2, 0.25) is 0 Å². The van der Waals surface area contributed by atoms with Gasteiger partial charge in [-0.2, -0.15) is 0 Å². The third-order valence-electron chi connectivity index (χ3n) is 3.72. The Hall–Kier alpha value is -2.62. The van der Waals surface area contributed by atoms with Crippen molar-refractivity contribution in [2.24, 2.45) is 4.99 Å². The Kier molecular flexibility index (Phi) is 4.19. The monoisotopic (exact) mass is 293 g/mol. The van der Waals surface area contributed by atoms with Gasteiger partial charge in [0, 0.05) is 5.69 Å². The molecule has 4 nitrogen and oxygen atoms in total. The standard InChI is InChI=1S/C18H19N3O/c1-2-14-8-10-16(11-9-14)20-18-19-12-17(22)21(18)13-15-6-4-3-5-7-15/h3-11H,2,12-13H2,1H3,(H,19,20). The minimum absolute atomic E-state index is 0.0246. The van der Waals surface area contributed by atoms with Crippen LogP contribution in [0.15, 0.2) is 59.6 Å². The number of aryl methyl sites for hydroxylation is 1. The van der Waals surface area contributed by atoms with Gasteiger partial charge in [-0.25, -0.2) is 4.99 Å². The fourth-order valence-electron chi connectivity index (χ4n) is 2.42. The Morgan fingerprint density at radius 1 is 1.05 bits per heavy atom. The van der Waals surface area contributed by atoms with Crippen LogP contribution in [0.25, 0.3) is 0 Å². The van der Waals surface area contributed by atoms with Gasteiger partial charge in [-0.1, -0.05) is 49.4 Å². The minimum Gasteiger partial charge on any atom is -0.326 e. The Balaban J connectivity index is 1.72. The number of amides is 1. The molecule has 0 unspecified atom stereocenters. The second-order valence-corrected chi connectivity index (χ2v) is 5.28. The summed E-state index contributed by atoms with van der Waals surface area (Å²) in [7, 11) is 0. The highest BCUT2D eigenvalue weighted by atomic mass is 16.2. The average Bonchev–Trinajstić information content (AvgIpc) is 2.90. The second kappa shape index (κ2) is 6.43. The van der Waals surface area contributed by atoms with Gasteiger partial charge < -0.3 is 5.32 Å². The molecule has 0 aliphatic carbocycles. The number of nitrogens with zero attached hydrogens (tertiary/aromatic N) is 2. The van der Waals surface area contributed by atoms with Crippen LogP contribution in [0.5, 0.6) is 0 Å². The molecule has 2 aromatic rings. The van der Waals surface area contributed by atoms with Crippen LogP contribution in [-0.2, 0) is 17.8 Å². The lowest BCUT2D eigenvalue weighted by atomic mass is 10.1. The molecule has 0 aromatic heterocycles. The molecule has 22 heavy (non-hydrogen) atoms. The van der Waals surface area contributed by atoms with Gasteiger partial charge in [0.15, 0.2) is 0 Å². The van der Waals surface area contributed by atoms with Gasteiger partial charge in [0.25, 0.3) is 5.91 Å². The lowest BCUT2D eigenvalue weighted by Gasteiger charge is -2.19. The average molecular weight is 293 g/mol. The molecule has 0 spiro atoms. The van der Waals surface area contributed by atoms with Gasteiger partial charge in [0.05, 0.1) is 6.54 Å². The minimum atomic E-state index is 0.0246. The van der Waals surface area contributed by atoms with Crippen LogP contribution >= 0.6 is 0 Å². The number of rotatable bonds is 4. The molecule has 3 rings (SSSR count). The zero-order valence-corrected chi connectivity index (χ0v) is 12.6. The van der Waals surface area contributed by atoms with E-state index in [1.54, 1.807) is 4.90 Å². The maximum atomic E-state index is 12.1. The first-order chi connectivity index (χ1) is 10.8. The smallest absolute Gasteiger partial charge is 0.251 e. The van der Waals surface area contributed by atoms with E-state index in [0.717, 1.165) is 17.7 Å². The summed E-state index contributed by atoms with van der Waals surface area (Å²) in [6, 6.07) is 18.2. The molecule has 1 aliphatic rings. The molecule has 1 amide bonds. The number of benzene rings is 2. The first kappa shape index (κ1) is 14.3. The van der Waals surface area contributed by atoms with Crippen molar-refractivity contribution in [2.45, 2.75) is 19.9 Å². The molecule has 1 heterocycles. The largest absolute Gasteiger partial charge is 0.326 e. The fourth-order valence-corrected chi connectivity index (χ4v) is 2.42. The summed E-state index contributed by atoms with van der Waals surface area (Å²) >= 11 is 0. The number of carbonyl (C=O) groups excluding carboxylic acids is 1. The molecule has 0 bridgehead atoms. The van der Waals surface area contributed by atoms with E-state index in [2.05, 4.69) is 29.4 Å². The summed E-state index contributed by atoms with van der Waals surface area (Å²) in [6.45, 7) is 2.88. The number of nitrogens with one attached hydrogen (secondary N) is 1. The van der Waals surface area contributed by atoms with Crippen LogP contribution in [0, 0.1) is 0 Å². The predicted molar refractivity (Wildman–Crippen MR) is 88.7 cm³/mol. The van der Waals surface area contributed by atoms with Crippen molar-refractivity contribution in [3.63, 3.8) is 0 Å². The predicted octanol–water partition coefficient (Wildman–Crippen LogP) is 3.06. The molecule has 0 atom stereocenters. The van der Waals surface area contributed by atoms with Gasteiger partial charge in [0.2, 0.25) is 5.96 Å². The summed E-state index contributed by atoms with van der Waals surface area (Å²) in [5.41, 5.74) is 3.33. The molecule has 1 N–H and O–H groups in total. The molecule has 1 aliphatic heterocycles. The first-order valence-corrected chi connectivity index (χ1v) is 7.51. The fraction of sp³-hybridized carbons (Fsp3) is 0.222. The molecule has 0 saturated heterocycles. The van der Waals surface area contributed by atoms with Crippen LogP contribution in [-0.4, -0.2) is 23.3 Å². The summed E-state index contributed by atoms with van der Waals surface area (Å²) in [5, 5.41) is 3.25. The van der Waals surface area contributed by atoms with Crippen LogP contribution < -0.4 is 5.32 Å². The summed E-state index contributed by atoms with van der Waals surface area (Å²) in [6.07, 6.45) is 1.01. The van der Waals surface area contributed by atoms with Crippen molar-refractivity contribution in [1.29, 1.82) is 0 Å². The molecule has 0 radical (unpaired) electrons. The van der Waals surface area contributed by atoms with E-state index in [1.807, 2.05) is 42.5 Å². The molecule has 112 valence electrons. The van der Waals surface area contributed by atoms with Crippen molar-refractivity contribution >= 4 is 17.6 Å². The second-order valence-electron chi connectivity index (χ2n) is 5.28. The number of anilines is 1. The van der Waals surface area contributed by atoms with Gasteiger partial charge in [-0.15, -0.1) is 0 Å². The van der Waals surface area contributed by atoms with E-state index in [-0.39, 0.29) is 12.5 Å². The van der Waals surface area contributed by atoms with Crippen molar-refractivity contribution in [3.05, 3.63) is 65.7 Å². The summed E-state index contributed by atoms with van der Waals surface area (Å²) in [4.78, 5) is 18.1. The molecule has 0 saturated carbocycles. The Morgan fingerprint density at radius 3 is 2.45 bits per heavy atom. The van der Waals surface area contributed by atoms with Crippen molar-refractivity contribution < 1.29 is 4.79 Å². The van der Waals surface area contributed by atoms with E-state index in [0.29, 0.717) is 12.5 Å². The topological polar surface area (TPSA) is 44.7 Å². The Bertz CT molecular complexity index is 677. The molecule has 0 fully saturated rings. The highest BCUT2D eigenvalue weighted by Gasteiger charge is 2.25. The lowest BCUT2D eigenvalue weighted by Crippen LogP contribution is -2.36. The Labute approximate surface area is 130 Å². The molecular formula is C18H19N3O. The lowest BCUT2D eigenvalue weighted by molar-refractivity contribution is -0.125. The maximum absolute atomic E-state index is 12.1. The molecule has 4 heteroatoms. The third kappa shape index (κ3) is 3.17. The van der Waals surface area contributed by atoms with Crippen LogP contribution in [0.1, 0.15) is 18.1 Å². The number of hydrogen-bond donors (Lipinski definition) is 1. The van der Waals surface area contributed by atoms with E-state index in [4.69, 9.17) is 0 Å². The van der Waals surface area contributed by atoms with Crippen molar-refractivity contribution in [3.8, 4) is 0 Å². The highest BCUT2D eigenvalue weighted by Crippen LogP contribution is 2.15. The van der Waals surface area contributed by atoms with E-state index in [1.165, 1.54) is 5.56 Å². The van der Waals surface area contributed by atoms with E-state index < -0.39 is 0 Å².